The highest BCUT2D eigenvalue weighted by Crippen LogP contribution is 2.16. The van der Waals surface area contributed by atoms with Gasteiger partial charge < -0.3 is 19.9 Å². The van der Waals surface area contributed by atoms with Gasteiger partial charge in [-0.05, 0) is 35.2 Å². The van der Waals surface area contributed by atoms with E-state index in [0.717, 1.165) is 58.1 Å². The highest BCUT2D eigenvalue weighted by atomic mass is 32.1. The van der Waals surface area contributed by atoms with Crippen LogP contribution in [0.1, 0.15) is 18.4 Å². The molecule has 2 aliphatic rings. The lowest BCUT2D eigenvalue weighted by Crippen LogP contribution is -2.55. The molecule has 1 aromatic rings. The Hall–Kier alpha value is -1.60. The van der Waals surface area contributed by atoms with Crippen molar-refractivity contribution in [2.45, 2.75) is 25.5 Å². The molecular weight excluding hydrogens is 312 g/mol. The van der Waals surface area contributed by atoms with Crippen LogP contribution in [0.5, 0.6) is 0 Å². The van der Waals surface area contributed by atoms with E-state index in [1.165, 1.54) is 5.56 Å². The minimum atomic E-state index is -0.211. The highest BCUT2D eigenvalue weighted by molar-refractivity contribution is 7.07. The fraction of sp³-hybridized carbons (Fsp3) is 0.625. The minimum Gasteiger partial charge on any atom is -0.368 e. The van der Waals surface area contributed by atoms with E-state index in [4.69, 9.17) is 4.74 Å². The first-order chi connectivity index (χ1) is 11.3. The standard InChI is InChI=1S/C16H24N4O2S/c1-17-16(18-11-13-4-10-23-12-13)20-7-5-19(6-8-20)15(21)14-3-2-9-22-14/h4,10,12,14H,2-3,5-9,11H2,1H3,(H,17,18). The lowest BCUT2D eigenvalue weighted by Gasteiger charge is -2.37. The molecular formula is C16H24N4O2S. The fourth-order valence-corrected chi connectivity index (χ4v) is 3.69. The molecule has 2 saturated heterocycles. The Balaban J connectivity index is 1.47. The van der Waals surface area contributed by atoms with Gasteiger partial charge in [-0.25, -0.2) is 0 Å². The van der Waals surface area contributed by atoms with Crippen molar-refractivity contribution < 1.29 is 9.53 Å². The molecule has 1 atom stereocenters. The molecule has 1 N–H and O–H groups in total. The molecule has 23 heavy (non-hydrogen) atoms. The summed E-state index contributed by atoms with van der Waals surface area (Å²) in [4.78, 5) is 20.9. The van der Waals surface area contributed by atoms with Crippen molar-refractivity contribution in [3.63, 3.8) is 0 Å². The summed E-state index contributed by atoms with van der Waals surface area (Å²) in [5, 5.41) is 7.61. The Morgan fingerprint density at radius 2 is 2.17 bits per heavy atom. The third kappa shape index (κ3) is 4.03. The number of piperazine rings is 1. The summed E-state index contributed by atoms with van der Waals surface area (Å²) in [6, 6.07) is 2.11. The van der Waals surface area contributed by atoms with E-state index in [2.05, 4.69) is 32.0 Å². The van der Waals surface area contributed by atoms with Gasteiger partial charge in [0.1, 0.15) is 6.10 Å². The monoisotopic (exact) mass is 336 g/mol. The quantitative estimate of drug-likeness (QED) is 0.664. The Kier molecular flexibility index (Phi) is 5.51. The Bertz CT molecular complexity index is 532. The number of hydrogen-bond donors (Lipinski definition) is 1. The van der Waals surface area contributed by atoms with Crippen molar-refractivity contribution in [1.82, 2.24) is 15.1 Å². The highest BCUT2D eigenvalue weighted by Gasteiger charge is 2.30. The summed E-state index contributed by atoms with van der Waals surface area (Å²) < 4.78 is 5.50. The van der Waals surface area contributed by atoms with Crippen LogP contribution in [0.25, 0.3) is 0 Å². The van der Waals surface area contributed by atoms with Gasteiger partial charge in [0.25, 0.3) is 5.91 Å². The molecule has 0 radical (unpaired) electrons. The maximum absolute atomic E-state index is 12.4. The number of amides is 1. The van der Waals surface area contributed by atoms with Gasteiger partial charge in [0.2, 0.25) is 0 Å². The molecule has 0 bridgehead atoms. The molecule has 1 unspecified atom stereocenters. The van der Waals surface area contributed by atoms with Gasteiger partial charge in [-0.3, -0.25) is 9.79 Å². The van der Waals surface area contributed by atoms with Crippen LogP contribution in [0.15, 0.2) is 21.8 Å². The summed E-state index contributed by atoms with van der Waals surface area (Å²) in [6.07, 6.45) is 1.65. The van der Waals surface area contributed by atoms with E-state index in [0.29, 0.717) is 0 Å². The maximum atomic E-state index is 12.4. The smallest absolute Gasteiger partial charge is 0.251 e. The largest absolute Gasteiger partial charge is 0.368 e. The van der Waals surface area contributed by atoms with Gasteiger partial charge in [0.15, 0.2) is 5.96 Å². The Morgan fingerprint density at radius 3 is 2.78 bits per heavy atom. The molecule has 2 aliphatic heterocycles. The topological polar surface area (TPSA) is 57.2 Å². The molecule has 6 nitrogen and oxygen atoms in total. The van der Waals surface area contributed by atoms with Crippen LogP contribution in [0.2, 0.25) is 0 Å². The molecule has 2 fully saturated rings. The second-order valence-corrected chi connectivity index (χ2v) is 6.63. The van der Waals surface area contributed by atoms with E-state index in [1.807, 2.05) is 4.90 Å². The number of nitrogens with zero attached hydrogens (tertiary/aromatic N) is 3. The summed E-state index contributed by atoms with van der Waals surface area (Å²) in [5.74, 6) is 1.06. The zero-order chi connectivity index (χ0) is 16.1. The number of ether oxygens (including phenoxy) is 1. The first kappa shape index (κ1) is 16.3. The summed E-state index contributed by atoms with van der Waals surface area (Å²) in [6.45, 7) is 4.58. The Labute approximate surface area is 141 Å². The van der Waals surface area contributed by atoms with E-state index in [9.17, 15) is 4.79 Å². The van der Waals surface area contributed by atoms with Crippen molar-refractivity contribution in [1.29, 1.82) is 0 Å². The lowest BCUT2D eigenvalue weighted by molar-refractivity contribution is -0.142. The van der Waals surface area contributed by atoms with Crippen LogP contribution in [-0.4, -0.2) is 67.6 Å². The predicted molar refractivity (Wildman–Crippen MR) is 91.6 cm³/mol. The number of nitrogens with one attached hydrogen (secondary N) is 1. The van der Waals surface area contributed by atoms with Crippen LogP contribution >= 0.6 is 11.3 Å². The van der Waals surface area contributed by atoms with Gasteiger partial charge >= 0.3 is 0 Å². The van der Waals surface area contributed by atoms with Crippen molar-refractivity contribution in [3.8, 4) is 0 Å². The molecule has 0 aromatic carbocycles. The normalized spacial score (nSPS) is 22.5. The number of rotatable bonds is 3. The number of carbonyl (C=O) groups excluding carboxylic acids is 1. The van der Waals surface area contributed by atoms with Crippen molar-refractivity contribution in [2.75, 3.05) is 39.8 Å². The van der Waals surface area contributed by atoms with E-state index in [1.54, 1.807) is 18.4 Å². The lowest BCUT2D eigenvalue weighted by atomic mass is 10.2. The van der Waals surface area contributed by atoms with Gasteiger partial charge in [-0.2, -0.15) is 11.3 Å². The zero-order valence-electron chi connectivity index (χ0n) is 13.5. The third-order valence-electron chi connectivity index (χ3n) is 4.34. The van der Waals surface area contributed by atoms with Crippen LogP contribution in [0, 0.1) is 0 Å². The molecule has 1 aromatic heterocycles. The average Bonchev–Trinajstić information content (AvgIpc) is 3.29. The minimum absolute atomic E-state index is 0.156. The number of aliphatic imine (C=N–C) groups is 1. The molecule has 0 saturated carbocycles. The van der Waals surface area contributed by atoms with E-state index >= 15 is 0 Å². The van der Waals surface area contributed by atoms with Gasteiger partial charge in [0, 0.05) is 46.4 Å². The summed E-state index contributed by atoms with van der Waals surface area (Å²) in [7, 11) is 1.81. The van der Waals surface area contributed by atoms with Crippen molar-refractivity contribution >= 4 is 23.2 Å². The predicted octanol–water partition coefficient (Wildman–Crippen LogP) is 1.15. The van der Waals surface area contributed by atoms with Crippen LogP contribution < -0.4 is 5.32 Å². The SMILES string of the molecule is CN=C(NCc1ccsc1)N1CCN(C(=O)C2CCCO2)CC1. The fourth-order valence-electron chi connectivity index (χ4n) is 3.02. The number of carbonyl (C=O) groups is 1. The average molecular weight is 336 g/mol. The number of thiophene rings is 1. The van der Waals surface area contributed by atoms with Crippen LogP contribution in [-0.2, 0) is 16.1 Å². The van der Waals surface area contributed by atoms with Crippen molar-refractivity contribution in [2.24, 2.45) is 4.99 Å². The van der Waals surface area contributed by atoms with Crippen LogP contribution in [0.3, 0.4) is 0 Å². The zero-order valence-corrected chi connectivity index (χ0v) is 14.3. The molecule has 126 valence electrons. The van der Waals surface area contributed by atoms with Crippen LogP contribution in [0.4, 0.5) is 0 Å². The van der Waals surface area contributed by atoms with Gasteiger partial charge in [-0.15, -0.1) is 0 Å². The molecule has 7 heteroatoms. The second-order valence-electron chi connectivity index (χ2n) is 5.85. The Morgan fingerprint density at radius 1 is 1.39 bits per heavy atom. The van der Waals surface area contributed by atoms with E-state index in [-0.39, 0.29) is 12.0 Å². The molecule has 3 heterocycles. The van der Waals surface area contributed by atoms with E-state index < -0.39 is 0 Å². The summed E-state index contributed by atoms with van der Waals surface area (Å²) >= 11 is 1.70. The molecule has 0 aliphatic carbocycles. The molecule has 1 amide bonds. The third-order valence-corrected chi connectivity index (χ3v) is 5.07. The first-order valence-corrected chi connectivity index (χ1v) is 9.09. The summed E-state index contributed by atoms with van der Waals surface area (Å²) in [5.41, 5.74) is 1.27. The first-order valence-electron chi connectivity index (χ1n) is 8.15. The molecule has 0 spiro atoms. The van der Waals surface area contributed by atoms with Gasteiger partial charge in [-0.1, -0.05) is 0 Å². The number of guanidine groups is 1. The van der Waals surface area contributed by atoms with Gasteiger partial charge in [0.05, 0.1) is 0 Å². The second kappa shape index (κ2) is 7.79. The maximum Gasteiger partial charge on any atom is 0.251 e. The number of hydrogen-bond acceptors (Lipinski definition) is 4. The molecule has 3 rings (SSSR count). The van der Waals surface area contributed by atoms with Crippen molar-refractivity contribution in [3.05, 3.63) is 22.4 Å².